The monoisotopic (exact) mass is 748 g/mol. The van der Waals surface area contributed by atoms with E-state index in [4.69, 9.17) is 0 Å². The normalized spacial score (nSPS) is 23.2. The fraction of sp³-hybridized carbons (Fsp3) is 0.683. The lowest BCUT2D eigenvalue weighted by Gasteiger charge is -2.40. The Labute approximate surface area is 319 Å². The highest BCUT2D eigenvalue weighted by atomic mass is 16.2. The third kappa shape index (κ3) is 10.5. The number of nitrogens with one attached hydrogen (secondary N) is 5. The second-order valence-corrected chi connectivity index (χ2v) is 16.9. The molecule has 1 heterocycles. The molecule has 3 aliphatic carbocycles. The lowest BCUT2D eigenvalue weighted by molar-refractivity contribution is -0.148. The first-order valence-electron chi connectivity index (χ1n) is 20.2. The van der Waals surface area contributed by atoms with E-state index in [2.05, 4.69) is 26.6 Å². The summed E-state index contributed by atoms with van der Waals surface area (Å²) in [4.78, 5) is 97.0. The number of Topliss-reactive ketones (excluding diaryl/α,β-unsaturated/α-hetero) is 1. The SMILES string of the molecule is CCC[C@H](NC(=O)[C@@H]1C[C@@H]2CCCC[C@@H]2N1C(=O)[C@@H](NC(=O)[C@@H](NC(=O)C(=O)NCc1ccccc1)C1CCCCC1)C(C)(C)C)C(=O)C(=O)NC1CC1. The van der Waals surface area contributed by atoms with Crippen molar-refractivity contribution < 1.29 is 33.6 Å². The summed E-state index contributed by atoms with van der Waals surface area (Å²) in [6, 6.07) is 4.99. The molecule has 5 N–H and O–H groups in total. The standard InChI is InChI=1S/C41H60N6O7/c1-5-14-29(33(48)37(51)43-28-21-22-28)44-35(49)31-23-27-19-12-13-20-30(27)47(31)40(54)34(41(2,3)4)46-36(50)32(26-17-10-7-11-18-26)45-39(53)38(52)42-24-25-15-8-6-9-16-25/h6,8-9,15-16,26-32,34H,5,7,10-14,17-24H2,1-4H3,(H,42,52)(H,43,51)(H,44,49)(H,45,53)(H,46,50)/t27-,29-,30-,31-,32-,34+/m0/s1. The smallest absolute Gasteiger partial charge is 0.309 e. The van der Waals surface area contributed by atoms with E-state index in [9.17, 15) is 33.6 Å². The maximum Gasteiger partial charge on any atom is 0.309 e. The molecule has 4 aliphatic rings. The Morgan fingerprint density at radius 3 is 2.09 bits per heavy atom. The maximum absolute atomic E-state index is 14.9. The van der Waals surface area contributed by atoms with E-state index in [1.807, 2.05) is 58.0 Å². The summed E-state index contributed by atoms with van der Waals surface area (Å²) in [5.74, 6) is -4.72. The highest BCUT2D eigenvalue weighted by Gasteiger charge is 2.51. The van der Waals surface area contributed by atoms with Crippen LogP contribution in [0.3, 0.4) is 0 Å². The summed E-state index contributed by atoms with van der Waals surface area (Å²) in [5, 5.41) is 13.9. The van der Waals surface area contributed by atoms with Crippen LogP contribution in [0.1, 0.15) is 123 Å². The third-order valence-electron chi connectivity index (χ3n) is 11.6. The Hall–Kier alpha value is -4.29. The van der Waals surface area contributed by atoms with Crippen LogP contribution < -0.4 is 26.6 Å². The number of ketones is 1. The van der Waals surface area contributed by atoms with Gasteiger partial charge in [-0.25, -0.2) is 0 Å². The zero-order chi connectivity index (χ0) is 39.0. The first-order valence-corrected chi connectivity index (χ1v) is 20.2. The van der Waals surface area contributed by atoms with Gasteiger partial charge in [-0.05, 0) is 74.2 Å². The van der Waals surface area contributed by atoms with Gasteiger partial charge in [0.1, 0.15) is 18.1 Å². The van der Waals surface area contributed by atoms with Gasteiger partial charge < -0.3 is 31.5 Å². The van der Waals surface area contributed by atoms with Gasteiger partial charge in [0.25, 0.3) is 5.91 Å². The number of carbonyl (C=O) groups excluding carboxylic acids is 7. The Balaban J connectivity index is 1.34. The van der Waals surface area contributed by atoms with E-state index in [1.165, 1.54) is 0 Å². The van der Waals surface area contributed by atoms with Gasteiger partial charge in [0.2, 0.25) is 23.5 Å². The second-order valence-electron chi connectivity index (χ2n) is 16.9. The third-order valence-corrected chi connectivity index (χ3v) is 11.6. The van der Waals surface area contributed by atoms with E-state index in [0.29, 0.717) is 32.1 Å². The molecule has 0 radical (unpaired) electrons. The van der Waals surface area contributed by atoms with Crippen LogP contribution in [0.15, 0.2) is 30.3 Å². The van der Waals surface area contributed by atoms with E-state index >= 15 is 0 Å². The van der Waals surface area contributed by atoms with Crippen LogP contribution in [0.25, 0.3) is 0 Å². The van der Waals surface area contributed by atoms with Crippen LogP contribution >= 0.6 is 0 Å². The molecule has 13 heteroatoms. The van der Waals surface area contributed by atoms with Crippen LogP contribution in [-0.4, -0.2) is 82.4 Å². The largest absolute Gasteiger partial charge is 0.347 e. The zero-order valence-electron chi connectivity index (χ0n) is 32.4. The minimum absolute atomic E-state index is 0.00198. The Bertz CT molecular complexity index is 1530. The van der Waals surface area contributed by atoms with Gasteiger partial charge in [0.05, 0.1) is 6.04 Å². The number of carbonyl (C=O) groups is 7. The van der Waals surface area contributed by atoms with E-state index < -0.39 is 70.8 Å². The molecule has 0 aromatic heterocycles. The van der Waals surface area contributed by atoms with Gasteiger partial charge in [-0.3, -0.25) is 33.6 Å². The molecule has 1 aromatic rings. The maximum atomic E-state index is 14.9. The van der Waals surface area contributed by atoms with Gasteiger partial charge in [0, 0.05) is 18.6 Å². The molecular formula is C41H60N6O7. The number of nitrogens with zero attached hydrogens (tertiary/aromatic N) is 1. The van der Waals surface area contributed by atoms with Gasteiger partial charge in [-0.1, -0.05) is 96.6 Å². The second kappa shape index (κ2) is 18.4. The van der Waals surface area contributed by atoms with Crippen molar-refractivity contribution >= 4 is 41.2 Å². The molecule has 0 spiro atoms. The average molecular weight is 749 g/mol. The molecule has 6 atom stereocenters. The Morgan fingerprint density at radius 1 is 0.778 bits per heavy atom. The van der Waals surface area contributed by atoms with Crippen molar-refractivity contribution in [3.8, 4) is 0 Å². The predicted octanol–water partition coefficient (Wildman–Crippen LogP) is 3.19. The van der Waals surface area contributed by atoms with Crippen LogP contribution in [0, 0.1) is 17.3 Å². The number of benzene rings is 1. The fourth-order valence-corrected chi connectivity index (χ4v) is 8.44. The zero-order valence-corrected chi connectivity index (χ0v) is 32.4. The molecule has 13 nitrogen and oxygen atoms in total. The summed E-state index contributed by atoms with van der Waals surface area (Å²) in [6.45, 7) is 7.57. The van der Waals surface area contributed by atoms with Crippen LogP contribution in [0.4, 0.5) is 0 Å². The quantitative estimate of drug-likeness (QED) is 0.181. The topological polar surface area (TPSA) is 183 Å². The average Bonchev–Trinajstić information content (AvgIpc) is 3.89. The van der Waals surface area contributed by atoms with Gasteiger partial charge in [-0.15, -0.1) is 0 Å². The summed E-state index contributed by atoms with van der Waals surface area (Å²) in [6.07, 6.45) is 10.5. The molecule has 3 saturated carbocycles. The van der Waals surface area contributed by atoms with Crippen molar-refractivity contribution in [2.24, 2.45) is 17.3 Å². The van der Waals surface area contributed by atoms with E-state index in [1.54, 1.807) is 4.90 Å². The molecular weight excluding hydrogens is 688 g/mol. The summed E-state index contributed by atoms with van der Waals surface area (Å²) < 4.78 is 0. The lowest BCUT2D eigenvalue weighted by Crippen LogP contribution is -2.63. The van der Waals surface area contributed by atoms with Crippen molar-refractivity contribution in [3.63, 3.8) is 0 Å². The first-order chi connectivity index (χ1) is 25.8. The fourth-order valence-electron chi connectivity index (χ4n) is 8.44. The molecule has 1 aliphatic heterocycles. The first kappa shape index (κ1) is 40.9. The number of likely N-dealkylation sites (tertiary alicyclic amines) is 1. The Morgan fingerprint density at radius 2 is 1.44 bits per heavy atom. The highest BCUT2D eigenvalue weighted by molar-refractivity contribution is 6.38. The molecule has 5 rings (SSSR count). The van der Waals surface area contributed by atoms with E-state index in [-0.39, 0.29) is 36.9 Å². The number of hydrogen-bond donors (Lipinski definition) is 5. The van der Waals surface area contributed by atoms with Crippen molar-refractivity contribution in [1.82, 2.24) is 31.5 Å². The summed E-state index contributed by atoms with van der Waals surface area (Å²) in [5.41, 5.74) is 0.0310. The van der Waals surface area contributed by atoms with Crippen LogP contribution in [0.2, 0.25) is 0 Å². The summed E-state index contributed by atoms with van der Waals surface area (Å²) >= 11 is 0. The highest BCUT2D eigenvalue weighted by Crippen LogP contribution is 2.41. The van der Waals surface area contributed by atoms with Crippen molar-refractivity contribution in [2.75, 3.05) is 0 Å². The van der Waals surface area contributed by atoms with Crippen molar-refractivity contribution in [2.45, 2.75) is 160 Å². The molecule has 0 bridgehead atoms. The number of amides is 6. The number of hydrogen-bond acceptors (Lipinski definition) is 7. The van der Waals surface area contributed by atoms with Gasteiger partial charge in [0.15, 0.2) is 0 Å². The van der Waals surface area contributed by atoms with Gasteiger partial charge >= 0.3 is 11.8 Å². The van der Waals surface area contributed by atoms with E-state index in [0.717, 1.165) is 56.9 Å². The molecule has 296 valence electrons. The summed E-state index contributed by atoms with van der Waals surface area (Å²) in [7, 11) is 0. The molecule has 4 fully saturated rings. The van der Waals surface area contributed by atoms with Gasteiger partial charge in [-0.2, -0.15) is 0 Å². The molecule has 0 unspecified atom stereocenters. The van der Waals surface area contributed by atoms with Crippen LogP contribution in [0.5, 0.6) is 0 Å². The molecule has 54 heavy (non-hydrogen) atoms. The number of rotatable bonds is 14. The minimum atomic E-state index is -1.06. The van der Waals surface area contributed by atoms with Crippen LogP contribution in [-0.2, 0) is 40.1 Å². The molecule has 1 aromatic carbocycles. The van der Waals surface area contributed by atoms with Crippen molar-refractivity contribution in [3.05, 3.63) is 35.9 Å². The number of fused-ring (bicyclic) bond motifs is 1. The predicted molar refractivity (Wildman–Crippen MR) is 202 cm³/mol. The van der Waals surface area contributed by atoms with Crippen molar-refractivity contribution in [1.29, 1.82) is 0 Å². The molecule has 6 amide bonds. The Kier molecular flexibility index (Phi) is 13.9. The molecule has 1 saturated heterocycles. The minimum Gasteiger partial charge on any atom is -0.347 e. The lowest BCUT2D eigenvalue weighted by atomic mass is 9.81.